The first-order chi connectivity index (χ1) is 6.70. The first-order valence-corrected chi connectivity index (χ1v) is 5.39. The summed E-state index contributed by atoms with van der Waals surface area (Å²) in [7, 11) is 0. The Morgan fingerprint density at radius 3 is 3.07 bits per heavy atom. The highest BCUT2D eigenvalue weighted by molar-refractivity contribution is 4.97. The molecule has 4 heteroatoms. The van der Waals surface area contributed by atoms with Crippen molar-refractivity contribution >= 4 is 0 Å². The highest BCUT2D eigenvalue weighted by atomic mass is 15.4. The van der Waals surface area contributed by atoms with Crippen LogP contribution in [0, 0.1) is 5.92 Å². The molecule has 1 aliphatic heterocycles. The Hall–Kier alpha value is -0.900. The van der Waals surface area contributed by atoms with E-state index < -0.39 is 0 Å². The van der Waals surface area contributed by atoms with Gasteiger partial charge in [0.2, 0.25) is 0 Å². The van der Waals surface area contributed by atoms with Gasteiger partial charge in [0.05, 0.1) is 0 Å². The third-order valence-corrected chi connectivity index (χ3v) is 3.00. The van der Waals surface area contributed by atoms with Gasteiger partial charge in [0.25, 0.3) is 0 Å². The second-order valence-corrected chi connectivity index (χ2v) is 4.14. The largest absolute Gasteiger partial charge is 0.328 e. The topological polar surface area (TPSA) is 56.7 Å². The Morgan fingerprint density at radius 1 is 1.64 bits per heavy atom. The maximum absolute atomic E-state index is 5.90. The first kappa shape index (κ1) is 9.65. The SMILES string of the molecule is CCc1nc2n(n1)CC(C(C)N)CC2. The number of nitrogens with two attached hydrogens (primary N) is 1. The van der Waals surface area contributed by atoms with Gasteiger partial charge in [-0.05, 0) is 19.3 Å². The van der Waals surface area contributed by atoms with Gasteiger partial charge in [-0.1, -0.05) is 6.92 Å². The molecule has 2 atom stereocenters. The first-order valence-electron chi connectivity index (χ1n) is 5.39. The summed E-state index contributed by atoms with van der Waals surface area (Å²) in [5, 5.41) is 4.45. The monoisotopic (exact) mass is 194 g/mol. The third-order valence-electron chi connectivity index (χ3n) is 3.00. The molecule has 0 saturated heterocycles. The maximum atomic E-state index is 5.90. The van der Waals surface area contributed by atoms with Gasteiger partial charge in [0.15, 0.2) is 5.82 Å². The zero-order chi connectivity index (χ0) is 10.1. The van der Waals surface area contributed by atoms with Crippen LogP contribution in [0.2, 0.25) is 0 Å². The fourth-order valence-corrected chi connectivity index (χ4v) is 1.96. The lowest BCUT2D eigenvalue weighted by molar-refractivity contribution is 0.303. The summed E-state index contributed by atoms with van der Waals surface area (Å²) < 4.78 is 2.04. The number of fused-ring (bicyclic) bond motifs is 1. The Labute approximate surface area is 84.5 Å². The predicted octanol–water partition coefficient (Wildman–Crippen LogP) is 0.750. The minimum atomic E-state index is 0.262. The molecule has 14 heavy (non-hydrogen) atoms. The second-order valence-electron chi connectivity index (χ2n) is 4.14. The van der Waals surface area contributed by atoms with Crippen molar-refractivity contribution < 1.29 is 0 Å². The molecule has 2 N–H and O–H groups in total. The van der Waals surface area contributed by atoms with Crippen LogP contribution in [0.5, 0.6) is 0 Å². The average molecular weight is 194 g/mol. The summed E-state index contributed by atoms with van der Waals surface area (Å²) in [5.41, 5.74) is 5.90. The maximum Gasteiger partial charge on any atom is 0.150 e. The van der Waals surface area contributed by atoms with Crippen LogP contribution in [0.25, 0.3) is 0 Å². The van der Waals surface area contributed by atoms with Gasteiger partial charge in [-0.15, -0.1) is 0 Å². The molecule has 0 saturated carbocycles. The van der Waals surface area contributed by atoms with Crippen LogP contribution in [-0.2, 0) is 19.4 Å². The zero-order valence-electron chi connectivity index (χ0n) is 8.90. The smallest absolute Gasteiger partial charge is 0.150 e. The van der Waals surface area contributed by atoms with Crippen LogP contribution in [0.15, 0.2) is 0 Å². The normalized spacial score (nSPS) is 23.2. The Kier molecular flexibility index (Phi) is 2.54. The lowest BCUT2D eigenvalue weighted by atomic mass is 9.94. The standard InChI is InChI=1S/C10H18N4/c1-3-9-12-10-5-4-8(7(2)11)6-14(10)13-9/h7-8H,3-6,11H2,1-2H3. The molecule has 1 aromatic rings. The van der Waals surface area contributed by atoms with E-state index in [0.29, 0.717) is 5.92 Å². The van der Waals surface area contributed by atoms with Crippen LogP contribution in [0.1, 0.15) is 31.9 Å². The molecule has 78 valence electrons. The van der Waals surface area contributed by atoms with Gasteiger partial charge < -0.3 is 5.73 Å². The van der Waals surface area contributed by atoms with E-state index in [1.807, 2.05) is 4.68 Å². The highest BCUT2D eigenvalue weighted by Crippen LogP contribution is 2.20. The Morgan fingerprint density at radius 2 is 2.43 bits per heavy atom. The number of rotatable bonds is 2. The van der Waals surface area contributed by atoms with Crippen molar-refractivity contribution in [3.8, 4) is 0 Å². The van der Waals surface area contributed by atoms with Crippen molar-refractivity contribution in [1.29, 1.82) is 0 Å². The number of aromatic nitrogens is 3. The summed E-state index contributed by atoms with van der Waals surface area (Å²) in [6, 6.07) is 0.262. The molecule has 0 amide bonds. The molecular formula is C10H18N4. The van der Waals surface area contributed by atoms with Gasteiger partial charge in [-0.25, -0.2) is 9.67 Å². The van der Waals surface area contributed by atoms with Crippen LogP contribution >= 0.6 is 0 Å². The third kappa shape index (κ3) is 1.66. The van der Waals surface area contributed by atoms with Gasteiger partial charge in [0, 0.05) is 25.4 Å². The van der Waals surface area contributed by atoms with Crippen molar-refractivity contribution in [1.82, 2.24) is 14.8 Å². The fraction of sp³-hybridized carbons (Fsp3) is 0.800. The molecule has 0 spiro atoms. The molecule has 2 rings (SSSR count). The number of hydrogen-bond donors (Lipinski definition) is 1. The summed E-state index contributed by atoms with van der Waals surface area (Å²) in [6.45, 7) is 5.11. The molecule has 2 heterocycles. The Bertz CT molecular complexity index is 316. The van der Waals surface area contributed by atoms with E-state index in [1.165, 1.54) is 0 Å². The predicted molar refractivity (Wildman–Crippen MR) is 54.9 cm³/mol. The molecule has 1 aromatic heterocycles. The van der Waals surface area contributed by atoms with E-state index in [9.17, 15) is 0 Å². The van der Waals surface area contributed by atoms with E-state index >= 15 is 0 Å². The van der Waals surface area contributed by atoms with E-state index in [4.69, 9.17) is 5.73 Å². The molecule has 0 aromatic carbocycles. The van der Waals surface area contributed by atoms with Gasteiger partial charge in [-0.3, -0.25) is 0 Å². The summed E-state index contributed by atoms with van der Waals surface area (Å²) in [6.07, 6.45) is 3.10. The molecule has 0 aliphatic carbocycles. The van der Waals surface area contributed by atoms with Gasteiger partial charge in [0.1, 0.15) is 5.82 Å². The summed E-state index contributed by atoms with van der Waals surface area (Å²) in [5.74, 6) is 2.66. The number of hydrogen-bond acceptors (Lipinski definition) is 3. The van der Waals surface area contributed by atoms with E-state index in [0.717, 1.165) is 37.5 Å². The zero-order valence-corrected chi connectivity index (χ0v) is 8.90. The summed E-state index contributed by atoms with van der Waals surface area (Å²) >= 11 is 0. The quantitative estimate of drug-likeness (QED) is 0.756. The van der Waals surface area contributed by atoms with E-state index in [1.54, 1.807) is 0 Å². The molecule has 4 nitrogen and oxygen atoms in total. The number of nitrogens with zero attached hydrogens (tertiary/aromatic N) is 3. The van der Waals surface area contributed by atoms with E-state index in [2.05, 4.69) is 23.9 Å². The minimum Gasteiger partial charge on any atom is -0.328 e. The van der Waals surface area contributed by atoms with Crippen LogP contribution < -0.4 is 5.73 Å². The second kappa shape index (κ2) is 3.69. The average Bonchev–Trinajstić information content (AvgIpc) is 2.58. The minimum absolute atomic E-state index is 0.262. The van der Waals surface area contributed by atoms with E-state index in [-0.39, 0.29) is 6.04 Å². The lowest BCUT2D eigenvalue weighted by Crippen LogP contribution is -2.34. The molecule has 0 bridgehead atoms. The van der Waals surface area contributed by atoms with Crippen LogP contribution in [0.4, 0.5) is 0 Å². The molecular weight excluding hydrogens is 176 g/mol. The van der Waals surface area contributed by atoms with Crippen molar-refractivity contribution in [3.63, 3.8) is 0 Å². The van der Waals surface area contributed by atoms with Gasteiger partial charge in [-0.2, -0.15) is 5.10 Å². The Balaban J connectivity index is 2.17. The highest BCUT2D eigenvalue weighted by Gasteiger charge is 2.23. The van der Waals surface area contributed by atoms with Crippen molar-refractivity contribution in [2.24, 2.45) is 11.7 Å². The molecule has 2 unspecified atom stereocenters. The van der Waals surface area contributed by atoms with Crippen molar-refractivity contribution in [2.75, 3.05) is 0 Å². The fourth-order valence-electron chi connectivity index (χ4n) is 1.96. The molecule has 0 radical (unpaired) electrons. The molecule has 0 fully saturated rings. The van der Waals surface area contributed by atoms with Crippen LogP contribution in [0.3, 0.4) is 0 Å². The summed E-state index contributed by atoms with van der Waals surface area (Å²) in [4.78, 5) is 4.47. The van der Waals surface area contributed by atoms with Crippen molar-refractivity contribution in [3.05, 3.63) is 11.6 Å². The van der Waals surface area contributed by atoms with Crippen LogP contribution in [-0.4, -0.2) is 20.8 Å². The van der Waals surface area contributed by atoms with Crippen molar-refractivity contribution in [2.45, 2.75) is 45.7 Å². The number of aryl methyl sites for hydroxylation is 2. The lowest BCUT2D eigenvalue weighted by Gasteiger charge is -2.25. The molecule has 1 aliphatic rings. The van der Waals surface area contributed by atoms with Gasteiger partial charge >= 0.3 is 0 Å².